The van der Waals surface area contributed by atoms with Crippen LogP contribution in [-0.2, 0) is 4.79 Å². The number of carbonyl (C=O) groups is 1. The number of aliphatic carboxylic acids is 1. The number of hydrogen-bond donors (Lipinski definition) is 4. The molecule has 5 nitrogen and oxygen atoms in total. The Morgan fingerprint density at radius 1 is 1.54 bits per heavy atom. The van der Waals surface area contributed by atoms with Gasteiger partial charge in [-0.05, 0) is 24.1 Å². The van der Waals surface area contributed by atoms with Crippen LogP contribution in [0.4, 0.5) is 0 Å². The highest BCUT2D eigenvalue weighted by Crippen LogP contribution is 2.04. The quantitative estimate of drug-likeness (QED) is 0.379. The molecular formula is C6H14BClNO4. The number of carboxylic acids is 1. The standard InChI is InChI=1S/C6H12ClNO2.BH2O2/c1-4(2)3-5(8-7)6(9)10;2-1-3/h4-5,8H,3H2,1-2H3,(H,9,10);2-3H. The normalized spacial score (nSPS) is 11.5. The fourth-order valence-electron chi connectivity index (χ4n) is 0.663. The van der Waals surface area contributed by atoms with Crippen LogP contribution in [0.1, 0.15) is 20.3 Å². The molecule has 0 aromatic carbocycles. The molecule has 0 spiro atoms. The van der Waals surface area contributed by atoms with Crippen molar-refractivity contribution < 1.29 is 19.9 Å². The summed E-state index contributed by atoms with van der Waals surface area (Å²) >= 11 is 5.18. The Labute approximate surface area is 83.1 Å². The van der Waals surface area contributed by atoms with Gasteiger partial charge in [-0.15, -0.1) is 0 Å². The first-order valence-electron chi connectivity index (χ1n) is 3.68. The molecular weight excluding hydrogens is 196 g/mol. The fraction of sp³-hybridized carbons (Fsp3) is 0.833. The van der Waals surface area contributed by atoms with E-state index in [-0.39, 0.29) is 7.69 Å². The predicted octanol–water partition coefficient (Wildman–Crippen LogP) is -0.266. The number of hydrogen-bond acceptors (Lipinski definition) is 4. The van der Waals surface area contributed by atoms with Crippen LogP contribution in [0.25, 0.3) is 0 Å². The van der Waals surface area contributed by atoms with Gasteiger partial charge in [0.05, 0.1) is 0 Å². The Kier molecular flexibility index (Phi) is 11.4. The summed E-state index contributed by atoms with van der Waals surface area (Å²) < 4.78 is 0. The smallest absolute Gasteiger partial charge is 0.480 e. The van der Waals surface area contributed by atoms with Gasteiger partial charge in [0.1, 0.15) is 6.04 Å². The Bertz CT molecular complexity index is 136. The molecule has 4 N–H and O–H groups in total. The third-order valence-electron chi connectivity index (χ3n) is 1.14. The van der Waals surface area contributed by atoms with Gasteiger partial charge in [-0.3, -0.25) is 4.79 Å². The number of rotatable bonds is 4. The monoisotopic (exact) mass is 210 g/mol. The van der Waals surface area contributed by atoms with Crippen LogP contribution in [0.3, 0.4) is 0 Å². The molecule has 1 atom stereocenters. The highest BCUT2D eigenvalue weighted by molar-refractivity contribution is 6.14. The summed E-state index contributed by atoms with van der Waals surface area (Å²) in [5.74, 6) is -0.559. The Morgan fingerprint density at radius 3 is 2.00 bits per heavy atom. The summed E-state index contributed by atoms with van der Waals surface area (Å²) in [6.45, 7) is 3.90. The molecule has 13 heavy (non-hydrogen) atoms. The molecule has 0 saturated carbocycles. The van der Waals surface area contributed by atoms with E-state index < -0.39 is 12.0 Å². The molecule has 0 fully saturated rings. The van der Waals surface area contributed by atoms with Gasteiger partial charge in [-0.2, -0.15) is 0 Å². The second-order valence-corrected chi connectivity index (χ2v) is 2.96. The van der Waals surface area contributed by atoms with Crippen molar-refractivity contribution in [2.24, 2.45) is 5.92 Å². The van der Waals surface area contributed by atoms with Gasteiger partial charge < -0.3 is 15.2 Å². The van der Waals surface area contributed by atoms with Crippen LogP contribution >= 0.6 is 11.8 Å². The summed E-state index contributed by atoms with van der Waals surface area (Å²) in [7, 11) is 0. The summed E-state index contributed by atoms with van der Waals surface area (Å²) in [5.41, 5.74) is 0. The van der Waals surface area contributed by atoms with Crippen LogP contribution in [-0.4, -0.2) is 34.9 Å². The minimum absolute atomic E-state index is 0. The minimum atomic E-state index is -0.899. The van der Waals surface area contributed by atoms with E-state index in [1.165, 1.54) is 0 Å². The fourth-order valence-corrected chi connectivity index (χ4v) is 0.846. The van der Waals surface area contributed by atoms with Crippen molar-refractivity contribution in [2.45, 2.75) is 26.3 Å². The zero-order chi connectivity index (χ0) is 10.9. The molecule has 1 unspecified atom stereocenters. The summed E-state index contributed by atoms with van der Waals surface area (Å²) in [4.78, 5) is 12.5. The van der Waals surface area contributed by atoms with Crippen molar-refractivity contribution in [2.75, 3.05) is 0 Å². The van der Waals surface area contributed by atoms with E-state index in [0.717, 1.165) is 0 Å². The number of halogens is 1. The molecule has 0 heterocycles. The molecule has 0 saturated heterocycles. The highest BCUT2D eigenvalue weighted by atomic mass is 35.5. The Morgan fingerprint density at radius 2 is 1.92 bits per heavy atom. The maximum atomic E-state index is 10.3. The van der Waals surface area contributed by atoms with Crippen molar-refractivity contribution >= 4 is 25.4 Å². The maximum Gasteiger partial charge on any atom is 0.482 e. The lowest BCUT2D eigenvalue weighted by Gasteiger charge is -2.10. The number of nitrogens with one attached hydrogen (secondary N) is 1. The van der Waals surface area contributed by atoms with Gasteiger partial charge in [0.15, 0.2) is 0 Å². The molecule has 0 amide bonds. The van der Waals surface area contributed by atoms with Gasteiger partial charge in [-0.1, -0.05) is 13.8 Å². The van der Waals surface area contributed by atoms with Gasteiger partial charge >= 0.3 is 13.7 Å². The van der Waals surface area contributed by atoms with Gasteiger partial charge in [0, 0.05) is 0 Å². The molecule has 77 valence electrons. The van der Waals surface area contributed by atoms with E-state index in [1.54, 1.807) is 0 Å². The Hall–Kier alpha value is -0.295. The van der Waals surface area contributed by atoms with Crippen molar-refractivity contribution in [3.8, 4) is 0 Å². The minimum Gasteiger partial charge on any atom is -0.480 e. The van der Waals surface area contributed by atoms with E-state index in [0.29, 0.717) is 12.3 Å². The van der Waals surface area contributed by atoms with Crippen LogP contribution in [0.5, 0.6) is 0 Å². The SMILES string of the molecule is CC(C)CC(NCl)C(=O)O.O[B]O. The second kappa shape index (κ2) is 9.79. The molecule has 7 heteroatoms. The average Bonchev–Trinajstić information content (AvgIpc) is 2.00. The van der Waals surface area contributed by atoms with Crippen LogP contribution in [0, 0.1) is 5.92 Å². The molecule has 0 aliphatic heterocycles. The van der Waals surface area contributed by atoms with Crippen LogP contribution in [0.2, 0.25) is 0 Å². The largest absolute Gasteiger partial charge is 0.482 e. The van der Waals surface area contributed by atoms with Crippen molar-refractivity contribution in [3.05, 3.63) is 0 Å². The molecule has 0 aromatic heterocycles. The Balaban J connectivity index is 0. The predicted molar refractivity (Wildman–Crippen MR) is 50.1 cm³/mol. The van der Waals surface area contributed by atoms with Crippen molar-refractivity contribution in [1.82, 2.24) is 4.84 Å². The third kappa shape index (κ3) is 11.7. The van der Waals surface area contributed by atoms with Crippen LogP contribution in [0.15, 0.2) is 0 Å². The summed E-state index contributed by atoms with van der Waals surface area (Å²) in [6, 6.07) is -0.623. The van der Waals surface area contributed by atoms with Gasteiger partial charge in [0.25, 0.3) is 0 Å². The lowest BCUT2D eigenvalue weighted by molar-refractivity contribution is -0.139. The molecule has 1 radical (unpaired) electrons. The first kappa shape index (κ1) is 15.2. The third-order valence-corrected chi connectivity index (χ3v) is 1.40. The lowest BCUT2D eigenvalue weighted by Crippen LogP contribution is -2.31. The molecule has 0 aromatic rings. The topological polar surface area (TPSA) is 89.8 Å². The van der Waals surface area contributed by atoms with E-state index in [4.69, 9.17) is 26.9 Å². The first-order valence-corrected chi connectivity index (χ1v) is 4.06. The zero-order valence-electron chi connectivity index (χ0n) is 7.57. The lowest BCUT2D eigenvalue weighted by atomic mass is 10.1. The molecule has 0 rings (SSSR count). The molecule has 0 aliphatic rings. The molecule has 0 aliphatic carbocycles. The summed E-state index contributed by atoms with van der Waals surface area (Å²) in [5, 5.41) is 22.5. The van der Waals surface area contributed by atoms with Crippen LogP contribution < -0.4 is 4.84 Å². The van der Waals surface area contributed by atoms with E-state index >= 15 is 0 Å². The van der Waals surface area contributed by atoms with E-state index in [1.807, 2.05) is 13.8 Å². The first-order chi connectivity index (χ1) is 5.99. The van der Waals surface area contributed by atoms with Gasteiger partial charge in [-0.25, -0.2) is 4.84 Å². The summed E-state index contributed by atoms with van der Waals surface area (Å²) in [6.07, 6.45) is 0.554. The number of carboxylic acid groups (broad SMARTS) is 1. The van der Waals surface area contributed by atoms with E-state index in [2.05, 4.69) is 4.84 Å². The van der Waals surface area contributed by atoms with E-state index in [9.17, 15) is 4.79 Å². The maximum absolute atomic E-state index is 10.3. The van der Waals surface area contributed by atoms with Crippen molar-refractivity contribution in [3.63, 3.8) is 0 Å². The zero-order valence-corrected chi connectivity index (χ0v) is 8.32. The second-order valence-electron chi connectivity index (χ2n) is 2.74. The highest BCUT2D eigenvalue weighted by Gasteiger charge is 2.16. The molecule has 0 bridgehead atoms. The van der Waals surface area contributed by atoms with Gasteiger partial charge in [0.2, 0.25) is 0 Å². The van der Waals surface area contributed by atoms with Crippen molar-refractivity contribution in [1.29, 1.82) is 0 Å². The average molecular weight is 210 g/mol.